The Bertz CT molecular complexity index is 655. The van der Waals surface area contributed by atoms with Gasteiger partial charge in [-0.2, -0.15) is 0 Å². The van der Waals surface area contributed by atoms with E-state index in [1.165, 1.54) is 101 Å². The van der Waals surface area contributed by atoms with Gasteiger partial charge < -0.3 is 14.7 Å². The molecule has 2 unspecified atom stereocenters. The monoisotopic (exact) mass is 454 g/mol. The zero-order chi connectivity index (χ0) is 22.6. The van der Waals surface area contributed by atoms with Crippen LogP contribution >= 0.6 is 0 Å². The number of hydrogen-bond donors (Lipinski definition) is 2. The number of ether oxygens (including phenoxy) is 1. The lowest BCUT2D eigenvalue weighted by Gasteiger charge is -2.19. The first-order chi connectivity index (χ1) is 16.4. The zero-order valence-corrected chi connectivity index (χ0v) is 20.6. The van der Waals surface area contributed by atoms with Gasteiger partial charge in [0.2, 0.25) is 0 Å². The van der Waals surface area contributed by atoms with Gasteiger partial charge in [0.1, 0.15) is 0 Å². The Morgan fingerprint density at radius 1 is 0.697 bits per heavy atom. The van der Waals surface area contributed by atoms with E-state index in [9.17, 15) is 0 Å². The van der Waals surface area contributed by atoms with E-state index in [0.717, 1.165) is 37.9 Å². The first-order valence-corrected chi connectivity index (χ1v) is 13.9. The molecular weight excluding hydrogens is 408 g/mol. The molecule has 4 rings (SSSR count). The average molecular weight is 455 g/mol. The number of hydrogen-bond acceptors (Lipinski definition) is 3. The van der Waals surface area contributed by atoms with E-state index in [1.54, 1.807) is 0 Å². The Balaban J connectivity index is 1.15. The molecule has 0 radical (unpaired) electrons. The molecule has 2 aliphatic rings. The Morgan fingerprint density at radius 3 is 1.55 bits per heavy atom. The molecule has 0 aliphatic heterocycles. The lowest BCUT2D eigenvalue weighted by Crippen LogP contribution is -2.09. The highest BCUT2D eigenvalue weighted by Crippen LogP contribution is 2.33. The van der Waals surface area contributed by atoms with E-state index in [1.807, 2.05) is 25.0 Å². The zero-order valence-electron chi connectivity index (χ0n) is 20.6. The van der Waals surface area contributed by atoms with Crippen LogP contribution in [-0.2, 0) is 4.74 Å². The second kappa shape index (κ2) is 13.9. The molecule has 2 aromatic heterocycles. The first kappa shape index (κ1) is 24.5. The number of aromatic amines is 2. The fourth-order valence-corrected chi connectivity index (χ4v) is 6.35. The maximum Gasteiger partial charge on any atom is 0.0921 e. The fraction of sp³-hybridized carbons (Fsp3) is 0.786. The largest absolute Gasteiger partial charge is 0.381 e. The van der Waals surface area contributed by atoms with Gasteiger partial charge in [-0.05, 0) is 37.5 Å². The van der Waals surface area contributed by atoms with Crippen LogP contribution in [0.5, 0.6) is 0 Å². The summed E-state index contributed by atoms with van der Waals surface area (Å²) in [7, 11) is 0. The Labute approximate surface area is 200 Å². The average Bonchev–Trinajstić information content (AvgIpc) is 3.65. The number of imidazole rings is 2. The van der Waals surface area contributed by atoms with Crippen molar-refractivity contribution in [1.82, 2.24) is 19.9 Å². The predicted molar refractivity (Wildman–Crippen MR) is 134 cm³/mol. The van der Waals surface area contributed by atoms with Crippen molar-refractivity contribution in [2.75, 3.05) is 13.2 Å². The topological polar surface area (TPSA) is 66.6 Å². The summed E-state index contributed by atoms with van der Waals surface area (Å²) < 4.78 is 6.18. The smallest absolute Gasteiger partial charge is 0.0921 e. The highest BCUT2D eigenvalue weighted by atomic mass is 16.5. The van der Waals surface area contributed by atoms with Gasteiger partial charge in [0.05, 0.1) is 12.7 Å². The van der Waals surface area contributed by atoms with Gasteiger partial charge in [0.15, 0.2) is 0 Å². The summed E-state index contributed by atoms with van der Waals surface area (Å²) in [4.78, 5) is 15.3. The second-order valence-corrected chi connectivity index (χ2v) is 10.8. The van der Waals surface area contributed by atoms with Gasteiger partial charge in [-0.15, -0.1) is 0 Å². The Kier molecular flexibility index (Phi) is 10.3. The van der Waals surface area contributed by atoms with Crippen LogP contribution in [0.3, 0.4) is 0 Å². The van der Waals surface area contributed by atoms with E-state index in [-0.39, 0.29) is 0 Å². The maximum atomic E-state index is 6.18. The quantitative estimate of drug-likeness (QED) is 0.258. The molecule has 5 nitrogen and oxygen atoms in total. The van der Waals surface area contributed by atoms with Crippen molar-refractivity contribution in [2.24, 2.45) is 11.8 Å². The molecule has 0 spiro atoms. The molecule has 33 heavy (non-hydrogen) atoms. The molecule has 2 aromatic rings. The molecule has 2 atom stereocenters. The summed E-state index contributed by atoms with van der Waals surface area (Å²) in [6.45, 7) is 1.68. The predicted octanol–water partition coefficient (Wildman–Crippen LogP) is 7.52. The molecule has 2 heterocycles. The number of nitrogens with zero attached hydrogens (tertiary/aromatic N) is 2. The van der Waals surface area contributed by atoms with Crippen LogP contribution in [0.2, 0.25) is 0 Å². The van der Waals surface area contributed by atoms with Gasteiger partial charge in [0.25, 0.3) is 0 Å². The van der Waals surface area contributed by atoms with E-state index < -0.39 is 0 Å². The van der Waals surface area contributed by atoms with Gasteiger partial charge >= 0.3 is 0 Å². The minimum absolute atomic E-state index is 0.545. The molecule has 184 valence electrons. The highest BCUT2D eigenvalue weighted by Gasteiger charge is 2.19. The van der Waals surface area contributed by atoms with Crippen LogP contribution in [0, 0.1) is 11.8 Å². The van der Waals surface area contributed by atoms with Crippen molar-refractivity contribution in [1.29, 1.82) is 0 Å². The van der Waals surface area contributed by atoms with Crippen molar-refractivity contribution in [3.05, 3.63) is 36.4 Å². The Hall–Kier alpha value is -1.62. The summed E-state index contributed by atoms with van der Waals surface area (Å²) >= 11 is 0. The van der Waals surface area contributed by atoms with Gasteiger partial charge in [-0.25, -0.2) is 9.97 Å². The summed E-state index contributed by atoms with van der Waals surface area (Å²) in [6.07, 6.45) is 29.4. The summed E-state index contributed by atoms with van der Waals surface area (Å²) in [5, 5.41) is 0. The number of nitrogens with one attached hydrogen (secondary N) is 2. The standard InChI is InChI=1S/C28H46N4O/c1-2-8-23(7-1)11-5-13-25(27-19-29-21-31-27)15-17-33-18-16-26(28-20-30-22-32-28)14-6-12-24-9-3-4-10-24/h19-26H,1-18H2,(H,29,31)(H,30,32). The Morgan fingerprint density at radius 2 is 1.15 bits per heavy atom. The third-order valence-corrected chi connectivity index (χ3v) is 8.42. The van der Waals surface area contributed by atoms with Crippen molar-refractivity contribution < 1.29 is 4.74 Å². The molecule has 0 amide bonds. The van der Waals surface area contributed by atoms with Gasteiger partial charge in [-0.3, -0.25) is 0 Å². The summed E-state index contributed by atoms with van der Waals surface area (Å²) in [5.41, 5.74) is 2.57. The molecular formula is C28H46N4O. The van der Waals surface area contributed by atoms with Crippen LogP contribution in [-0.4, -0.2) is 33.1 Å². The third-order valence-electron chi connectivity index (χ3n) is 8.42. The number of rotatable bonds is 16. The maximum absolute atomic E-state index is 6.18. The minimum atomic E-state index is 0.545. The van der Waals surface area contributed by atoms with E-state index >= 15 is 0 Å². The SMILES string of the molecule is c1ncc(C(CCCC2CCCC2)CCOCCC(CCCC2CCCC2)c2cnc[nH]2)[nH]1. The summed E-state index contributed by atoms with van der Waals surface area (Å²) in [5.74, 6) is 3.06. The summed E-state index contributed by atoms with van der Waals surface area (Å²) in [6, 6.07) is 0. The lowest BCUT2D eigenvalue weighted by molar-refractivity contribution is 0.117. The fourth-order valence-electron chi connectivity index (χ4n) is 6.35. The molecule has 0 bridgehead atoms. The molecule has 2 fully saturated rings. The van der Waals surface area contributed by atoms with Crippen molar-refractivity contribution in [2.45, 2.75) is 115 Å². The second-order valence-electron chi connectivity index (χ2n) is 10.8. The number of aromatic nitrogens is 4. The number of H-pyrrole nitrogens is 2. The third kappa shape index (κ3) is 8.27. The molecule has 0 saturated heterocycles. The van der Waals surface area contributed by atoms with E-state index in [2.05, 4.69) is 19.9 Å². The van der Waals surface area contributed by atoms with Crippen LogP contribution < -0.4 is 0 Å². The van der Waals surface area contributed by atoms with Gasteiger partial charge in [-0.1, -0.05) is 77.0 Å². The van der Waals surface area contributed by atoms with Crippen molar-refractivity contribution >= 4 is 0 Å². The van der Waals surface area contributed by atoms with Crippen LogP contribution in [0.15, 0.2) is 25.0 Å². The molecule has 2 N–H and O–H groups in total. The molecule has 5 heteroatoms. The molecule has 2 aliphatic carbocycles. The van der Waals surface area contributed by atoms with Crippen LogP contribution in [0.1, 0.15) is 126 Å². The van der Waals surface area contributed by atoms with Crippen molar-refractivity contribution in [3.8, 4) is 0 Å². The minimum Gasteiger partial charge on any atom is -0.381 e. The van der Waals surface area contributed by atoms with E-state index in [4.69, 9.17) is 4.74 Å². The van der Waals surface area contributed by atoms with E-state index in [0.29, 0.717) is 11.8 Å². The highest BCUT2D eigenvalue weighted by molar-refractivity contribution is 5.04. The van der Waals surface area contributed by atoms with Gasteiger partial charge in [0, 0.05) is 48.8 Å². The van der Waals surface area contributed by atoms with Crippen molar-refractivity contribution in [3.63, 3.8) is 0 Å². The first-order valence-electron chi connectivity index (χ1n) is 13.9. The van der Waals surface area contributed by atoms with Crippen LogP contribution in [0.4, 0.5) is 0 Å². The van der Waals surface area contributed by atoms with Crippen LogP contribution in [0.25, 0.3) is 0 Å². The molecule has 2 saturated carbocycles. The molecule has 0 aromatic carbocycles. The normalized spacial score (nSPS) is 19.4. The lowest BCUT2D eigenvalue weighted by atomic mass is 9.92.